The lowest BCUT2D eigenvalue weighted by Gasteiger charge is -2.23. The maximum atomic E-state index is 6.09. The van der Waals surface area contributed by atoms with E-state index in [2.05, 4.69) is 10.1 Å². The largest absolute Gasteiger partial charge is 0.337 e. The van der Waals surface area contributed by atoms with Crippen LogP contribution in [0.5, 0.6) is 0 Å². The third-order valence-electron chi connectivity index (χ3n) is 2.95. The lowest BCUT2D eigenvalue weighted by Crippen LogP contribution is -2.26. The molecule has 2 N–H and O–H groups in total. The average Bonchev–Trinajstić information content (AvgIpc) is 2.77. The van der Waals surface area contributed by atoms with Gasteiger partial charge in [-0.2, -0.15) is 4.98 Å². The van der Waals surface area contributed by atoms with Crippen molar-refractivity contribution < 1.29 is 4.52 Å². The van der Waals surface area contributed by atoms with E-state index in [0.717, 1.165) is 5.56 Å². The second-order valence-electron chi connectivity index (χ2n) is 5.67. The van der Waals surface area contributed by atoms with E-state index in [1.165, 1.54) is 5.56 Å². The third kappa shape index (κ3) is 2.59. The van der Waals surface area contributed by atoms with Gasteiger partial charge in [-0.15, -0.1) is 0 Å². The molecule has 0 spiro atoms. The van der Waals surface area contributed by atoms with Crippen LogP contribution >= 0.6 is 0 Å². The normalized spacial score (nSPS) is 13.6. The van der Waals surface area contributed by atoms with Crippen LogP contribution in [0.4, 0.5) is 0 Å². The van der Waals surface area contributed by atoms with Crippen molar-refractivity contribution >= 4 is 0 Å². The maximum Gasteiger partial charge on any atom is 0.244 e. The number of rotatable bonds is 2. The Morgan fingerprint density at radius 3 is 2.33 bits per heavy atom. The van der Waals surface area contributed by atoms with Crippen LogP contribution < -0.4 is 5.73 Å². The standard InChI is InChI=1S/C14H19N3O/c1-9-5-7-10(8-6-9)12-16-13(18-17-12)11(15)14(2,3)4/h5-8,11H,15H2,1-4H3/t11-/m0/s1. The van der Waals surface area contributed by atoms with Crippen LogP contribution in [0.25, 0.3) is 11.4 Å². The molecule has 1 heterocycles. The number of nitrogens with two attached hydrogens (primary N) is 1. The summed E-state index contributed by atoms with van der Waals surface area (Å²) in [5.41, 5.74) is 8.14. The van der Waals surface area contributed by atoms with E-state index >= 15 is 0 Å². The van der Waals surface area contributed by atoms with Crippen molar-refractivity contribution in [2.75, 3.05) is 0 Å². The van der Waals surface area contributed by atoms with E-state index in [4.69, 9.17) is 10.3 Å². The summed E-state index contributed by atoms with van der Waals surface area (Å²) in [6, 6.07) is 7.74. The molecule has 0 saturated carbocycles. The lowest BCUT2D eigenvalue weighted by atomic mass is 9.87. The zero-order valence-electron chi connectivity index (χ0n) is 11.3. The molecule has 0 unspecified atom stereocenters. The molecule has 0 fully saturated rings. The molecule has 0 radical (unpaired) electrons. The van der Waals surface area contributed by atoms with E-state index in [1.807, 2.05) is 52.0 Å². The van der Waals surface area contributed by atoms with Gasteiger partial charge < -0.3 is 10.3 Å². The van der Waals surface area contributed by atoms with Crippen molar-refractivity contribution in [1.29, 1.82) is 0 Å². The highest BCUT2D eigenvalue weighted by Crippen LogP contribution is 2.30. The van der Waals surface area contributed by atoms with Crippen LogP contribution in [-0.4, -0.2) is 10.1 Å². The minimum absolute atomic E-state index is 0.100. The number of aromatic nitrogens is 2. The van der Waals surface area contributed by atoms with Crippen LogP contribution in [-0.2, 0) is 0 Å². The van der Waals surface area contributed by atoms with E-state index in [1.54, 1.807) is 0 Å². The third-order valence-corrected chi connectivity index (χ3v) is 2.95. The van der Waals surface area contributed by atoms with Gasteiger partial charge in [-0.25, -0.2) is 0 Å². The predicted molar refractivity (Wildman–Crippen MR) is 70.9 cm³/mol. The molecule has 4 heteroatoms. The first-order valence-corrected chi connectivity index (χ1v) is 6.04. The molecule has 0 saturated heterocycles. The van der Waals surface area contributed by atoms with E-state index < -0.39 is 0 Å². The first-order valence-electron chi connectivity index (χ1n) is 6.04. The quantitative estimate of drug-likeness (QED) is 0.883. The Labute approximate surface area is 107 Å². The van der Waals surface area contributed by atoms with Gasteiger partial charge in [-0.05, 0) is 12.3 Å². The van der Waals surface area contributed by atoms with Crippen LogP contribution in [0.2, 0.25) is 0 Å². The summed E-state index contributed by atoms with van der Waals surface area (Å²) in [5, 5.41) is 3.98. The van der Waals surface area contributed by atoms with Gasteiger partial charge in [-0.3, -0.25) is 0 Å². The zero-order chi connectivity index (χ0) is 13.3. The Morgan fingerprint density at radius 1 is 1.17 bits per heavy atom. The Balaban J connectivity index is 2.28. The highest BCUT2D eigenvalue weighted by atomic mass is 16.5. The predicted octanol–water partition coefficient (Wildman–Crippen LogP) is 3.09. The molecule has 0 aliphatic carbocycles. The van der Waals surface area contributed by atoms with E-state index in [-0.39, 0.29) is 11.5 Å². The van der Waals surface area contributed by atoms with Crippen molar-refractivity contribution in [3.05, 3.63) is 35.7 Å². The summed E-state index contributed by atoms with van der Waals surface area (Å²) in [6.07, 6.45) is 0. The molecule has 1 aromatic carbocycles. The minimum Gasteiger partial charge on any atom is -0.337 e. The number of hydrogen-bond acceptors (Lipinski definition) is 4. The molecule has 96 valence electrons. The van der Waals surface area contributed by atoms with Gasteiger partial charge in [0.25, 0.3) is 0 Å². The number of benzene rings is 1. The number of hydrogen-bond donors (Lipinski definition) is 1. The van der Waals surface area contributed by atoms with E-state index in [0.29, 0.717) is 11.7 Å². The van der Waals surface area contributed by atoms with Gasteiger partial charge in [0.05, 0.1) is 6.04 Å². The van der Waals surface area contributed by atoms with Gasteiger partial charge in [0.2, 0.25) is 11.7 Å². The Morgan fingerprint density at radius 2 is 1.78 bits per heavy atom. The SMILES string of the molecule is Cc1ccc(-c2noc([C@H](N)C(C)(C)C)n2)cc1. The van der Waals surface area contributed by atoms with Crippen LogP contribution in [0.1, 0.15) is 38.3 Å². The lowest BCUT2D eigenvalue weighted by molar-refractivity contribution is 0.253. The molecule has 4 nitrogen and oxygen atoms in total. The molecule has 0 amide bonds. The summed E-state index contributed by atoms with van der Waals surface area (Å²) in [7, 11) is 0. The van der Waals surface area contributed by atoms with Gasteiger partial charge in [0.15, 0.2) is 0 Å². The topological polar surface area (TPSA) is 64.9 Å². The van der Waals surface area contributed by atoms with Crippen LogP contribution in [0, 0.1) is 12.3 Å². The number of aryl methyl sites for hydroxylation is 1. The highest BCUT2D eigenvalue weighted by Gasteiger charge is 2.27. The highest BCUT2D eigenvalue weighted by molar-refractivity contribution is 5.54. The minimum atomic E-state index is -0.260. The van der Waals surface area contributed by atoms with Crippen molar-refractivity contribution in [1.82, 2.24) is 10.1 Å². The summed E-state index contributed by atoms with van der Waals surface area (Å²) in [4.78, 5) is 4.37. The fourth-order valence-electron chi connectivity index (χ4n) is 1.55. The first-order chi connectivity index (χ1) is 8.38. The molecule has 0 aliphatic rings. The molecule has 1 atom stereocenters. The molecule has 1 aromatic heterocycles. The Kier molecular flexibility index (Phi) is 3.22. The molecule has 0 bridgehead atoms. The summed E-state index contributed by atoms with van der Waals surface area (Å²) >= 11 is 0. The fraction of sp³-hybridized carbons (Fsp3) is 0.429. The Hall–Kier alpha value is -1.68. The Bertz CT molecular complexity index is 523. The average molecular weight is 245 g/mol. The zero-order valence-corrected chi connectivity index (χ0v) is 11.3. The van der Waals surface area contributed by atoms with Crippen molar-refractivity contribution in [2.45, 2.75) is 33.7 Å². The van der Waals surface area contributed by atoms with Crippen LogP contribution in [0.15, 0.2) is 28.8 Å². The fourth-order valence-corrected chi connectivity index (χ4v) is 1.55. The second-order valence-corrected chi connectivity index (χ2v) is 5.67. The summed E-state index contributed by atoms with van der Waals surface area (Å²) in [6.45, 7) is 8.19. The van der Waals surface area contributed by atoms with Crippen molar-refractivity contribution in [3.8, 4) is 11.4 Å². The van der Waals surface area contributed by atoms with Gasteiger partial charge in [0, 0.05) is 5.56 Å². The smallest absolute Gasteiger partial charge is 0.244 e. The molecule has 2 aromatic rings. The molecule has 2 rings (SSSR count). The van der Waals surface area contributed by atoms with Gasteiger partial charge in [0.1, 0.15) is 0 Å². The van der Waals surface area contributed by atoms with Crippen LogP contribution in [0.3, 0.4) is 0 Å². The maximum absolute atomic E-state index is 6.09. The molecule has 0 aliphatic heterocycles. The summed E-state index contributed by atoms with van der Waals surface area (Å²) in [5.74, 6) is 1.07. The monoisotopic (exact) mass is 245 g/mol. The molecule has 18 heavy (non-hydrogen) atoms. The molecular formula is C14H19N3O. The summed E-state index contributed by atoms with van der Waals surface area (Å²) < 4.78 is 5.25. The molecular weight excluding hydrogens is 226 g/mol. The first kappa shape index (κ1) is 12.8. The van der Waals surface area contributed by atoms with E-state index in [9.17, 15) is 0 Å². The van der Waals surface area contributed by atoms with Crippen molar-refractivity contribution in [2.24, 2.45) is 11.1 Å². The number of nitrogens with zero attached hydrogens (tertiary/aromatic N) is 2. The van der Waals surface area contributed by atoms with Gasteiger partial charge in [-0.1, -0.05) is 55.8 Å². The van der Waals surface area contributed by atoms with Gasteiger partial charge >= 0.3 is 0 Å². The van der Waals surface area contributed by atoms with Crippen molar-refractivity contribution in [3.63, 3.8) is 0 Å². The second kappa shape index (κ2) is 4.53.